The van der Waals surface area contributed by atoms with Gasteiger partial charge in [-0.25, -0.2) is 0 Å². The maximum absolute atomic E-state index is 13.2. The van der Waals surface area contributed by atoms with Gasteiger partial charge in [0.25, 0.3) is 0 Å². The van der Waals surface area contributed by atoms with Crippen LogP contribution in [-0.2, 0) is 12.8 Å². The van der Waals surface area contributed by atoms with Crippen LogP contribution in [0.1, 0.15) is 50.8 Å². The molecule has 1 unspecified atom stereocenters. The van der Waals surface area contributed by atoms with E-state index in [4.69, 9.17) is 14.5 Å². The van der Waals surface area contributed by atoms with E-state index in [0.717, 1.165) is 74.1 Å². The number of fused-ring (bicyclic) bond motifs is 2. The van der Waals surface area contributed by atoms with Gasteiger partial charge in [-0.15, -0.1) is 0 Å². The number of anilines is 1. The molecule has 0 bridgehead atoms. The van der Waals surface area contributed by atoms with Crippen molar-refractivity contribution >= 4 is 16.6 Å². The number of nitrogens with one attached hydrogen (secondary N) is 1. The van der Waals surface area contributed by atoms with Gasteiger partial charge in [0.2, 0.25) is 0 Å². The first-order valence-electron chi connectivity index (χ1n) is 11.6. The number of hydrogen-bond acceptors (Lipinski definition) is 5. The van der Waals surface area contributed by atoms with Crippen LogP contribution in [-0.4, -0.2) is 49.3 Å². The zero-order chi connectivity index (χ0) is 21.8. The third-order valence-electron chi connectivity index (χ3n) is 6.17. The summed E-state index contributed by atoms with van der Waals surface area (Å²) in [6.07, 6.45) is 6.22. The molecule has 4 rings (SSSR count). The first-order valence-corrected chi connectivity index (χ1v) is 11.6. The van der Waals surface area contributed by atoms with E-state index in [2.05, 4.69) is 24.1 Å². The summed E-state index contributed by atoms with van der Waals surface area (Å²) in [5.74, 6) is 0.949. The van der Waals surface area contributed by atoms with Gasteiger partial charge in [0.1, 0.15) is 0 Å². The van der Waals surface area contributed by atoms with Crippen molar-refractivity contribution in [3.8, 4) is 11.5 Å². The molecular formula is C24H33F2N3O2. The Morgan fingerprint density at radius 2 is 2.00 bits per heavy atom. The van der Waals surface area contributed by atoms with Crippen molar-refractivity contribution in [2.75, 3.05) is 38.1 Å². The third-order valence-corrected chi connectivity index (χ3v) is 6.17. The van der Waals surface area contributed by atoms with Crippen LogP contribution >= 0.6 is 0 Å². The largest absolute Gasteiger partial charge is 0.490 e. The van der Waals surface area contributed by atoms with E-state index in [1.54, 1.807) is 12.1 Å². The molecule has 7 heteroatoms. The predicted octanol–water partition coefficient (Wildman–Crippen LogP) is 5.26. The topological polar surface area (TPSA) is 46.6 Å². The summed E-state index contributed by atoms with van der Waals surface area (Å²) in [6.45, 7) is 5.94. The number of rotatable bonds is 10. The van der Waals surface area contributed by atoms with Crippen molar-refractivity contribution in [3.63, 3.8) is 0 Å². The average molecular weight is 434 g/mol. The van der Waals surface area contributed by atoms with Crippen LogP contribution in [0.4, 0.5) is 14.5 Å². The molecule has 1 atom stereocenters. The minimum Gasteiger partial charge on any atom is -0.490 e. The smallest absolute Gasteiger partial charge is 0.387 e. The normalized spacial score (nSPS) is 18.7. The number of aromatic nitrogens is 1. The molecule has 0 amide bonds. The van der Waals surface area contributed by atoms with E-state index in [0.29, 0.717) is 18.3 Å². The second-order valence-corrected chi connectivity index (χ2v) is 8.80. The number of alkyl halides is 2. The highest BCUT2D eigenvalue weighted by molar-refractivity contribution is 5.96. The maximum Gasteiger partial charge on any atom is 0.387 e. The molecule has 31 heavy (non-hydrogen) atoms. The van der Waals surface area contributed by atoms with Crippen LogP contribution in [0.2, 0.25) is 0 Å². The van der Waals surface area contributed by atoms with Crippen molar-refractivity contribution < 1.29 is 18.3 Å². The van der Waals surface area contributed by atoms with Crippen molar-refractivity contribution in [1.82, 2.24) is 9.88 Å². The fourth-order valence-corrected chi connectivity index (χ4v) is 4.73. The molecule has 1 aromatic carbocycles. The lowest BCUT2D eigenvalue weighted by atomic mass is 10.0. The molecule has 1 aliphatic carbocycles. The van der Waals surface area contributed by atoms with Crippen LogP contribution in [0.15, 0.2) is 12.1 Å². The van der Waals surface area contributed by atoms with E-state index in [1.807, 2.05) is 0 Å². The second-order valence-electron chi connectivity index (χ2n) is 8.80. The summed E-state index contributed by atoms with van der Waals surface area (Å²) in [5.41, 5.74) is 4.07. The Morgan fingerprint density at radius 3 is 2.74 bits per heavy atom. The zero-order valence-electron chi connectivity index (χ0n) is 18.6. The molecule has 1 saturated heterocycles. The summed E-state index contributed by atoms with van der Waals surface area (Å²) in [5, 5.41) is 4.33. The minimum atomic E-state index is -2.90. The Balaban J connectivity index is 1.62. The molecule has 1 aliphatic heterocycles. The highest BCUT2D eigenvalue weighted by Crippen LogP contribution is 2.41. The number of benzene rings is 1. The fourth-order valence-electron chi connectivity index (χ4n) is 4.73. The molecule has 2 heterocycles. The van der Waals surface area contributed by atoms with Crippen molar-refractivity contribution in [2.24, 2.45) is 5.92 Å². The van der Waals surface area contributed by atoms with Gasteiger partial charge >= 0.3 is 6.61 Å². The van der Waals surface area contributed by atoms with Crippen molar-refractivity contribution in [3.05, 3.63) is 23.4 Å². The molecule has 5 nitrogen and oxygen atoms in total. The van der Waals surface area contributed by atoms with E-state index >= 15 is 0 Å². The van der Waals surface area contributed by atoms with Gasteiger partial charge in [-0.3, -0.25) is 4.98 Å². The molecule has 1 N–H and O–H groups in total. The van der Waals surface area contributed by atoms with E-state index in [1.165, 1.54) is 18.4 Å². The number of likely N-dealkylation sites (tertiary alicyclic amines) is 1. The van der Waals surface area contributed by atoms with Gasteiger partial charge in [-0.05, 0) is 69.2 Å². The van der Waals surface area contributed by atoms with Gasteiger partial charge in [0.15, 0.2) is 11.5 Å². The number of ether oxygens (including phenoxy) is 2. The molecule has 1 aromatic heterocycles. The predicted molar refractivity (Wildman–Crippen MR) is 120 cm³/mol. The lowest BCUT2D eigenvalue weighted by Gasteiger charge is -2.18. The summed E-state index contributed by atoms with van der Waals surface area (Å²) >= 11 is 0. The lowest BCUT2D eigenvalue weighted by molar-refractivity contribution is -0.0514. The molecule has 170 valence electrons. The van der Waals surface area contributed by atoms with Crippen molar-refractivity contribution in [1.29, 1.82) is 0 Å². The number of hydrogen-bond donors (Lipinski definition) is 1. The SMILES string of the molecule is CCCNc1c2c(nc3cc(OCCCN4CCCC4)c(OC(F)F)cc13)CC(C)C2. The number of pyridine rings is 1. The Bertz CT molecular complexity index is 900. The van der Waals surface area contributed by atoms with E-state index < -0.39 is 6.61 Å². The number of nitrogens with zero attached hydrogens (tertiary/aromatic N) is 2. The Hall–Kier alpha value is -2.15. The van der Waals surface area contributed by atoms with Crippen LogP contribution in [0.5, 0.6) is 11.5 Å². The molecule has 2 aliphatic rings. The second kappa shape index (κ2) is 9.98. The summed E-state index contributed by atoms with van der Waals surface area (Å²) in [7, 11) is 0. The van der Waals surface area contributed by atoms with Gasteiger partial charge in [-0.1, -0.05) is 13.8 Å². The Morgan fingerprint density at radius 1 is 1.19 bits per heavy atom. The first kappa shape index (κ1) is 22.1. The van der Waals surface area contributed by atoms with Crippen LogP contribution in [0.3, 0.4) is 0 Å². The summed E-state index contributed by atoms with van der Waals surface area (Å²) in [4.78, 5) is 7.29. The third kappa shape index (κ3) is 5.20. The maximum atomic E-state index is 13.2. The van der Waals surface area contributed by atoms with Crippen LogP contribution < -0.4 is 14.8 Å². The zero-order valence-corrected chi connectivity index (χ0v) is 18.6. The van der Waals surface area contributed by atoms with Gasteiger partial charge in [-0.2, -0.15) is 8.78 Å². The average Bonchev–Trinajstić information content (AvgIpc) is 3.37. The molecule has 2 aromatic rings. The summed E-state index contributed by atoms with van der Waals surface area (Å²) < 4.78 is 37.1. The minimum absolute atomic E-state index is 0.0796. The van der Waals surface area contributed by atoms with Gasteiger partial charge < -0.3 is 19.7 Å². The molecule has 0 radical (unpaired) electrons. The monoisotopic (exact) mass is 433 g/mol. The molecule has 0 spiro atoms. The highest BCUT2D eigenvalue weighted by Gasteiger charge is 2.26. The van der Waals surface area contributed by atoms with Crippen LogP contribution in [0.25, 0.3) is 10.9 Å². The Labute approximate surface area is 183 Å². The molecular weight excluding hydrogens is 400 g/mol. The quantitative estimate of drug-likeness (QED) is 0.518. The van der Waals surface area contributed by atoms with E-state index in [9.17, 15) is 8.78 Å². The van der Waals surface area contributed by atoms with Crippen molar-refractivity contribution in [2.45, 2.75) is 59.0 Å². The molecule has 1 fully saturated rings. The molecule has 0 saturated carbocycles. The fraction of sp³-hybridized carbons (Fsp3) is 0.625. The van der Waals surface area contributed by atoms with E-state index in [-0.39, 0.29) is 5.75 Å². The van der Waals surface area contributed by atoms with Crippen LogP contribution in [0, 0.1) is 5.92 Å². The van der Waals surface area contributed by atoms with Gasteiger partial charge in [0.05, 0.1) is 12.1 Å². The number of halogens is 2. The first-order chi connectivity index (χ1) is 15.0. The standard InChI is InChI=1S/C24H33F2N3O2/c1-3-7-27-23-17-12-16(2)13-19(17)28-20-15-21(22(14-18(20)23)31-24(25)26)30-11-6-10-29-8-4-5-9-29/h14-16,24H,3-13H2,1-2H3,(H,27,28). The lowest BCUT2D eigenvalue weighted by Crippen LogP contribution is -2.22. The highest BCUT2D eigenvalue weighted by atomic mass is 19.3. The summed E-state index contributed by atoms with van der Waals surface area (Å²) in [6, 6.07) is 3.44. The Kier molecular flexibility index (Phi) is 7.10. The van der Waals surface area contributed by atoms with Gasteiger partial charge in [0, 0.05) is 35.9 Å².